The van der Waals surface area contributed by atoms with E-state index < -0.39 is 5.63 Å². The first-order chi connectivity index (χ1) is 10.1. The van der Waals surface area contributed by atoms with E-state index in [1.54, 1.807) is 25.1 Å². The first kappa shape index (κ1) is 15.0. The standard InChI is InChI=1S/C16H13ClO4/c1-12-10-13(11-16(18)21-12)19-8-4-5-9-20-15-7-3-2-6-14(15)17/h2-3,6-7,10-11H,8-9H2,1H3. The Hall–Kier alpha value is -2.38. The van der Waals surface area contributed by atoms with Crippen molar-refractivity contribution < 1.29 is 13.9 Å². The summed E-state index contributed by atoms with van der Waals surface area (Å²) in [6, 6.07) is 10.1. The molecule has 0 atom stereocenters. The van der Waals surface area contributed by atoms with E-state index in [0.717, 1.165) is 0 Å². The van der Waals surface area contributed by atoms with E-state index >= 15 is 0 Å². The Labute approximate surface area is 127 Å². The second-order valence-corrected chi connectivity index (χ2v) is 4.49. The van der Waals surface area contributed by atoms with Gasteiger partial charge in [0.25, 0.3) is 0 Å². The summed E-state index contributed by atoms with van der Waals surface area (Å²) in [5, 5.41) is 0.544. The van der Waals surface area contributed by atoms with Gasteiger partial charge in [0.2, 0.25) is 0 Å². The molecule has 1 aromatic heterocycles. The monoisotopic (exact) mass is 304 g/mol. The topological polar surface area (TPSA) is 48.7 Å². The van der Waals surface area contributed by atoms with Crippen molar-refractivity contribution in [3.8, 4) is 23.3 Å². The summed E-state index contributed by atoms with van der Waals surface area (Å²) >= 11 is 5.94. The summed E-state index contributed by atoms with van der Waals surface area (Å²) in [6.45, 7) is 2.05. The van der Waals surface area contributed by atoms with Gasteiger partial charge in [-0.05, 0) is 19.1 Å². The zero-order valence-corrected chi connectivity index (χ0v) is 12.1. The van der Waals surface area contributed by atoms with E-state index in [2.05, 4.69) is 11.8 Å². The van der Waals surface area contributed by atoms with Gasteiger partial charge in [0.05, 0.1) is 11.1 Å². The lowest BCUT2D eigenvalue weighted by atomic mass is 10.3. The van der Waals surface area contributed by atoms with Crippen LogP contribution in [0.5, 0.6) is 11.5 Å². The van der Waals surface area contributed by atoms with Crippen molar-refractivity contribution in [2.75, 3.05) is 13.2 Å². The largest absolute Gasteiger partial charge is 0.481 e. The van der Waals surface area contributed by atoms with Crippen LogP contribution in [0.1, 0.15) is 5.76 Å². The number of benzene rings is 1. The third-order valence-corrected chi connectivity index (χ3v) is 2.75. The van der Waals surface area contributed by atoms with Crippen LogP contribution in [-0.4, -0.2) is 13.2 Å². The Balaban J connectivity index is 1.79. The third kappa shape index (κ3) is 4.90. The molecule has 4 nitrogen and oxygen atoms in total. The number of hydrogen-bond acceptors (Lipinski definition) is 4. The van der Waals surface area contributed by atoms with Gasteiger partial charge in [-0.3, -0.25) is 0 Å². The highest BCUT2D eigenvalue weighted by Gasteiger charge is 1.98. The first-order valence-corrected chi connectivity index (χ1v) is 6.60. The van der Waals surface area contributed by atoms with E-state index in [1.807, 2.05) is 12.1 Å². The Kier molecular flexibility index (Phi) is 5.30. The summed E-state index contributed by atoms with van der Waals surface area (Å²) in [6.07, 6.45) is 0. The van der Waals surface area contributed by atoms with Crippen LogP contribution in [0.2, 0.25) is 5.02 Å². The molecule has 108 valence electrons. The molecule has 21 heavy (non-hydrogen) atoms. The van der Waals surface area contributed by atoms with Crippen LogP contribution in [0, 0.1) is 18.8 Å². The molecule has 0 radical (unpaired) electrons. The fourth-order valence-electron chi connectivity index (χ4n) is 1.56. The van der Waals surface area contributed by atoms with Gasteiger partial charge in [-0.25, -0.2) is 4.79 Å². The zero-order chi connectivity index (χ0) is 15.1. The molecule has 5 heteroatoms. The van der Waals surface area contributed by atoms with Gasteiger partial charge in [-0.1, -0.05) is 35.6 Å². The SMILES string of the molecule is Cc1cc(OCC#CCOc2ccccc2Cl)cc(=O)o1. The molecule has 0 saturated carbocycles. The third-order valence-electron chi connectivity index (χ3n) is 2.44. The Morgan fingerprint density at radius 1 is 1.14 bits per heavy atom. The van der Waals surface area contributed by atoms with E-state index in [4.69, 9.17) is 25.5 Å². The van der Waals surface area contributed by atoms with Crippen molar-refractivity contribution in [2.24, 2.45) is 0 Å². The summed E-state index contributed by atoms with van der Waals surface area (Å²) in [7, 11) is 0. The molecule has 0 aliphatic carbocycles. The van der Waals surface area contributed by atoms with E-state index in [0.29, 0.717) is 22.3 Å². The van der Waals surface area contributed by atoms with Gasteiger partial charge in [-0.15, -0.1) is 0 Å². The second kappa shape index (κ2) is 7.41. The molecule has 0 unspecified atom stereocenters. The van der Waals surface area contributed by atoms with Gasteiger partial charge < -0.3 is 13.9 Å². The summed E-state index contributed by atoms with van der Waals surface area (Å²) in [5.41, 5.74) is -0.444. The Morgan fingerprint density at radius 2 is 1.86 bits per heavy atom. The second-order valence-electron chi connectivity index (χ2n) is 4.08. The highest BCUT2D eigenvalue weighted by Crippen LogP contribution is 2.22. The van der Waals surface area contributed by atoms with Crippen molar-refractivity contribution in [3.05, 3.63) is 57.6 Å². The van der Waals surface area contributed by atoms with E-state index in [-0.39, 0.29) is 13.2 Å². The molecule has 2 rings (SSSR count). The minimum Gasteiger partial charge on any atom is -0.481 e. The van der Waals surface area contributed by atoms with Gasteiger partial charge in [0.15, 0.2) is 0 Å². The van der Waals surface area contributed by atoms with Crippen LogP contribution in [0.25, 0.3) is 0 Å². The average molecular weight is 305 g/mol. The highest BCUT2D eigenvalue weighted by molar-refractivity contribution is 6.32. The van der Waals surface area contributed by atoms with Gasteiger partial charge in [0, 0.05) is 6.07 Å². The predicted octanol–water partition coefficient (Wildman–Crippen LogP) is 3.06. The summed E-state index contributed by atoms with van der Waals surface area (Å²) in [5.74, 6) is 7.11. The van der Waals surface area contributed by atoms with Gasteiger partial charge in [-0.2, -0.15) is 0 Å². The van der Waals surface area contributed by atoms with Crippen LogP contribution >= 0.6 is 11.6 Å². The van der Waals surface area contributed by atoms with Crippen LogP contribution in [-0.2, 0) is 0 Å². The van der Waals surface area contributed by atoms with Crippen molar-refractivity contribution in [2.45, 2.75) is 6.92 Å². The number of para-hydroxylation sites is 1. The minimum absolute atomic E-state index is 0.161. The summed E-state index contributed by atoms with van der Waals surface area (Å²) < 4.78 is 15.5. The Morgan fingerprint density at radius 3 is 2.57 bits per heavy atom. The fraction of sp³-hybridized carbons (Fsp3) is 0.188. The van der Waals surface area contributed by atoms with Gasteiger partial charge in [0.1, 0.15) is 30.5 Å². The maximum Gasteiger partial charge on any atom is 0.339 e. The molecule has 0 spiro atoms. The van der Waals surface area contributed by atoms with Crippen molar-refractivity contribution in [3.63, 3.8) is 0 Å². The predicted molar refractivity (Wildman–Crippen MR) is 79.9 cm³/mol. The molecule has 1 heterocycles. The zero-order valence-electron chi connectivity index (χ0n) is 11.4. The lowest BCUT2D eigenvalue weighted by Gasteiger charge is -2.03. The summed E-state index contributed by atoms with van der Waals surface area (Å²) in [4.78, 5) is 11.1. The molecule has 0 bridgehead atoms. The minimum atomic E-state index is -0.444. The lowest BCUT2D eigenvalue weighted by Crippen LogP contribution is -2.02. The van der Waals surface area contributed by atoms with Crippen molar-refractivity contribution in [1.82, 2.24) is 0 Å². The maximum atomic E-state index is 11.1. The number of halogens is 1. The quantitative estimate of drug-likeness (QED) is 0.815. The van der Waals surface area contributed by atoms with E-state index in [1.165, 1.54) is 6.07 Å². The molecule has 0 saturated heterocycles. The molecule has 0 N–H and O–H groups in total. The first-order valence-electron chi connectivity index (χ1n) is 6.23. The number of hydrogen-bond donors (Lipinski definition) is 0. The Bertz CT molecular complexity index is 725. The number of aryl methyl sites for hydroxylation is 1. The molecule has 1 aromatic carbocycles. The lowest BCUT2D eigenvalue weighted by molar-refractivity contribution is 0.355. The van der Waals surface area contributed by atoms with Crippen molar-refractivity contribution >= 4 is 11.6 Å². The normalized spacial score (nSPS) is 9.62. The maximum absolute atomic E-state index is 11.1. The van der Waals surface area contributed by atoms with Crippen molar-refractivity contribution in [1.29, 1.82) is 0 Å². The average Bonchev–Trinajstić information content (AvgIpc) is 2.43. The van der Waals surface area contributed by atoms with Crippen LogP contribution in [0.4, 0.5) is 0 Å². The molecule has 2 aromatic rings. The number of rotatable bonds is 4. The molecule has 0 amide bonds. The number of ether oxygens (including phenoxy) is 2. The molecular formula is C16H13ClO4. The van der Waals surface area contributed by atoms with Crippen LogP contribution < -0.4 is 15.1 Å². The molecule has 0 aliphatic heterocycles. The molecule has 0 aliphatic rings. The van der Waals surface area contributed by atoms with Crippen LogP contribution in [0.15, 0.2) is 45.6 Å². The van der Waals surface area contributed by atoms with Crippen LogP contribution in [0.3, 0.4) is 0 Å². The highest BCUT2D eigenvalue weighted by atomic mass is 35.5. The smallest absolute Gasteiger partial charge is 0.339 e. The van der Waals surface area contributed by atoms with E-state index in [9.17, 15) is 4.79 Å². The fourth-order valence-corrected chi connectivity index (χ4v) is 1.75. The van der Waals surface area contributed by atoms with Gasteiger partial charge >= 0.3 is 5.63 Å². The molecule has 0 fully saturated rings. The molecular weight excluding hydrogens is 292 g/mol.